The third kappa shape index (κ3) is 4.14. The molecule has 0 heterocycles. The zero-order chi connectivity index (χ0) is 16.5. The van der Waals surface area contributed by atoms with Crippen LogP contribution in [0.2, 0.25) is 0 Å². The summed E-state index contributed by atoms with van der Waals surface area (Å²) in [6.07, 6.45) is 8.93. The molecule has 4 unspecified atom stereocenters. The largest absolute Gasteiger partial charge is 0.386 e. The lowest BCUT2D eigenvalue weighted by molar-refractivity contribution is -0.0177. The normalized spacial score (nSPS) is 30.7. The summed E-state index contributed by atoms with van der Waals surface area (Å²) in [5.41, 5.74) is -0.124. The van der Waals surface area contributed by atoms with Crippen molar-refractivity contribution < 1.29 is 24.1 Å². The van der Waals surface area contributed by atoms with Crippen LogP contribution >= 0.6 is 0 Å². The quantitative estimate of drug-likeness (QED) is 0.263. The molecule has 0 radical (unpaired) electrons. The molecule has 8 heteroatoms. The molecule has 2 aliphatic rings. The number of carbonyl (C=O) groups excluding carboxylic acids is 3. The van der Waals surface area contributed by atoms with Gasteiger partial charge in [0.15, 0.2) is 0 Å². The number of fused-ring (bicyclic) bond motifs is 2. The molecule has 0 saturated heterocycles. The van der Waals surface area contributed by atoms with Crippen molar-refractivity contribution >= 4 is 18.2 Å². The molecule has 4 atom stereocenters. The number of isocyanates is 3. The van der Waals surface area contributed by atoms with Crippen LogP contribution in [0.1, 0.15) is 32.1 Å². The predicted octanol–water partition coefficient (Wildman–Crippen LogP) is 1.67. The molecule has 2 aliphatic carbocycles. The van der Waals surface area contributed by atoms with Gasteiger partial charge in [0, 0.05) is 15.7 Å². The van der Waals surface area contributed by atoms with Crippen LogP contribution in [0.5, 0.6) is 0 Å². The van der Waals surface area contributed by atoms with E-state index >= 15 is 0 Å². The van der Waals surface area contributed by atoms with E-state index in [0.717, 1.165) is 25.7 Å². The highest BCUT2D eigenvalue weighted by molar-refractivity contribution is 5.33. The van der Waals surface area contributed by atoms with Crippen molar-refractivity contribution in [2.75, 3.05) is 19.8 Å². The summed E-state index contributed by atoms with van der Waals surface area (Å²) in [5, 5.41) is 6.29. The maximum atomic E-state index is 10.4. The van der Waals surface area contributed by atoms with Crippen LogP contribution in [-0.4, -0.2) is 38.0 Å². The van der Waals surface area contributed by atoms with E-state index in [1.54, 1.807) is 6.08 Å². The maximum Gasteiger partial charge on any atom is 0.276 e. The van der Waals surface area contributed by atoms with Crippen LogP contribution in [-0.2, 0) is 24.1 Å². The summed E-state index contributed by atoms with van der Waals surface area (Å²) in [5.74, 6) is 1.26. The second-order valence-electron chi connectivity index (χ2n) is 6.28. The summed E-state index contributed by atoms with van der Waals surface area (Å²) < 4.78 is 0. The van der Waals surface area contributed by atoms with Crippen LogP contribution in [0, 0.1) is 23.2 Å². The molecular formula is C15H19N3O5. The minimum atomic E-state index is -0.124. The topological polar surface area (TPSA) is 107 Å². The van der Waals surface area contributed by atoms with Crippen LogP contribution in [0.25, 0.3) is 0 Å². The fourth-order valence-corrected chi connectivity index (χ4v) is 4.51. The fourth-order valence-electron chi connectivity index (χ4n) is 4.51. The number of aliphatic imine (C=N–C) groups is 1. The smallest absolute Gasteiger partial charge is 0.276 e. The Bertz CT molecular complexity index is 549. The molecule has 0 aliphatic heterocycles. The molecule has 0 N–H and O–H groups in total. The van der Waals surface area contributed by atoms with E-state index in [-0.39, 0.29) is 5.41 Å². The van der Waals surface area contributed by atoms with Gasteiger partial charge < -0.3 is 9.68 Å². The molecule has 2 saturated carbocycles. The fraction of sp³-hybridized carbons (Fsp3) is 0.800. The van der Waals surface area contributed by atoms with E-state index < -0.39 is 0 Å². The molecule has 0 spiro atoms. The molecule has 2 fully saturated rings. The highest BCUT2D eigenvalue weighted by Gasteiger charge is 2.55. The molecule has 0 aromatic carbocycles. The Labute approximate surface area is 133 Å². The lowest BCUT2D eigenvalue weighted by Gasteiger charge is -2.40. The highest BCUT2D eigenvalue weighted by atomic mass is 16.6. The van der Waals surface area contributed by atoms with E-state index in [0.29, 0.717) is 43.9 Å². The van der Waals surface area contributed by atoms with Gasteiger partial charge in [-0.25, -0.2) is 19.4 Å². The Kier molecular flexibility index (Phi) is 6.24. The van der Waals surface area contributed by atoms with Gasteiger partial charge in [0.1, 0.15) is 13.2 Å². The van der Waals surface area contributed by atoms with Gasteiger partial charge in [0.2, 0.25) is 6.08 Å². The average Bonchev–Trinajstić information content (AvgIpc) is 3.11. The number of hydrogen-bond donors (Lipinski definition) is 0. The molecule has 0 amide bonds. The van der Waals surface area contributed by atoms with Gasteiger partial charge in [-0.05, 0) is 49.9 Å². The number of nitrogens with zero attached hydrogens (tertiary/aromatic N) is 3. The molecule has 23 heavy (non-hydrogen) atoms. The van der Waals surface area contributed by atoms with E-state index in [2.05, 4.69) is 15.3 Å². The van der Waals surface area contributed by atoms with Crippen molar-refractivity contribution in [1.82, 2.24) is 0 Å². The number of rotatable bonds is 10. The van der Waals surface area contributed by atoms with Crippen molar-refractivity contribution in [2.24, 2.45) is 38.5 Å². The number of hydrogen-bond acceptors (Lipinski definition) is 8. The Balaban J connectivity index is 2.02. The first-order chi connectivity index (χ1) is 11.3. The minimum Gasteiger partial charge on any atom is -0.386 e. The average molecular weight is 321 g/mol. The molecule has 0 aromatic rings. The molecular weight excluding hydrogens is 302 g/mol. The van der Waals surface area contributed by atoms with Gasteiger partial charge in [-0.2, -0.15) is 0 Å². The molecule has 2 bridgehead atoms. The lowest BCUT2D eigenvalue weighted by Crippen LogP contribution is -2.38. The second kappa shape index (κ2) is 8.39. The lowest BCUT2D eigenvalue weighted by atomic mass is 9.66. The van der Waals surface area contributed by atoms with E-state index in [9.17, 15) is 14.4 Å². The Hall–Kier alpha value is -2.26. The maximum absolute atomic E-state index is 10.4. The van der Waals surface area contributed by atoms with Crippen molar-refractivity contribution in [2.45, 2.75) is 32.1 Å². The summed E-state index contributed by atoms with van der Waals surface area (Å²) in [4.78, 5) is 44.2. The highest BCUT2D eigenvalue weighted by Crippen LogP contribution is 2.60. The van der Waals surface area contributed by atoms with Gasteiger partial charge in [-0.3, -0.25) is 0 Å². The monoisotopic (exact) mass is 321 g/mol. The first kappa shape index (κ1) is 17.1. The molecule has 124 valence electrons. The summed E-state index contributed by atoms with van der Waals surface area (Å²) >= 11 is 0. The Morgan fingerprint density at radius 1 is 1.04 bits per heavy atom. The summed E-state index contributed by atoms with van der Waals surface area (Å²) in [6.45, 7) is 1.14. The van der Waals surface area contributed by atoms with Crippen LogP contribution in [0.4, 0.5) is 0 Å². The van der Waals surface area contributed by atoms with E-state index in [4.69, 9.17) is 9.68 Å². The zero-order valence-electron chi connectivity index (χ0n) is 12.8. The van der Waals surface area contributed by atoms with Crippen molar-refractivity contribution in [3.8, 4) is 0 Å². The van der Waals surface area contributed by atoms with Crippen molar-refractivity contribution in [1.29, 1.82) is 0 Å². The first-order valence-electron chi connectivity index (χ1n) is 7.67. The van der Waals surface area contributed by atoms with Gasteiger partial charge in [-0.15, -0.1) is 0 Å². The van der Waals surface area contributed by atoms with Crippen LogP contribution < -0.4 is 0 Å². The molecule has 2 rings (SSSR count). The van der Waals surface area contributed by atoms with E-state index in [1.807, 2.05) is 0 Å². The van der Waals surface area contributed by atoms with Gasteiger partial charge in [-0.1, -0.05) is 0 Å². The minimum absolute atomic E-state index is 0.124. The third-order valence-corrected chi connectivity index (χ3v) is 5.13. The van der Waals surface area contributed by atoms with Crippen LogP contribution in [0.3, 0.4) is 0 Å². The van der Waals surface area contributed by atoms with Crippen LogP contribution in [0.15, 0.2) is 15.3 Å². The Morgan fingerprint density at radius 3 is 2.52 bits per heavy atom. The SMILES string of the molecule is O=C=NCC1CC2CC1C(CCCON=C=O)(CON=C=O)C2. The van der Waals surface area contributed by atoms with E-state index in [1.165, 1.54) is 12.2 Å². The summed E-state index contributed by atoms with van der Waals surface area (Å²) in [7, 11) is 0. The first-order valence-corrected chi connectivity index (χ1v) is 7.67. The van der Waals surface area contributed by atoms with Gasteiger partial charge in [0.05, 0.1) is 6.54 Å². The Morgan fingerprint density at radius 2 is 1.83 bits per heavy atom. The standard InChI is InChI=1S/C15H19N3O5/c19-9-16-7-13-4-12-5-14(13)15(6-12,8-23-18-11-21)2-1-3-22-17-10-20/h12-14H,1-8H2. The van der Waals surface area contributed by atoms with Crippen molar-refractivity contribution in [3.05, 3.63) is 0 Å². The van der Waals surface area contributed by atoms with Gasteiger partial charge >= 0.3 is 0 Å². The zero-order valence-corrected chi connectivity index (χ0v) is 12.8. The molecule has 8 nitrogen and oxygen atoms in total. The second-order valence-corrected chi connectivity index (χ2v) is 6.28. The predicted molar refractivity (Wildman–Crippen MR) is 77.1 cm³/mol. The third-order valence-electron chi connectivity index (χ3n) is 5.13. The van der Waals surface area contributed by atoms with Gasteiger partial charge in [0.25, 0.3) is 12.2 Å². The molecule has 0 aromatic heterocycles. The summed E-state index contributed by atoms with van der Waals surface area (Å²) in [6, 6.07) is 0. The van der Waals surface area contributed by atoms with Crippen molar-refractivity contribution in [3.63, 3.8) is 0 Å².